The van der Waals surface area contributed by atoms with Gasteiger partial charge in [0.25, 0.3) is 0 Å². The largest absolute Gasteiger partial charge is 0.299 e. The van der Waals surface area contributed by atoms with Crippen LogP contribution in [0, 0.1) is 17.8 Å². The van der Waals surface area contributed by atoms with Gasteiger partial charge in [-0.3, -0.25) is 4.79 Å². The predicted octanol–water partition coefficient (Wildman–Crippen LogP) is 2.69. The molecule has 3 rings (SSSR count). The Morgan fingerprint density at radius 3 is 2.73 bits per heavy atom. The van der Waals surface area contributed by atoms with Crippen LogP contribution in [0.5, 0.6) is 0 Å². The average molecular weight is 221 g/mol. The molecule has 0 saturated heterocycles. The van der Waals surface area contributed by atoms with Gasteiger partial charge in [0.05, 0.1) is 11.4 Å². The lowest BCUT2D eigenvalue weighted by molar-refractivity contribution is -0.120. The van der Waals surface area contributed by atoms with E-state index in [0.717, 1.165) is 16.8 Å². The summed E-state index contributed by atoms with van der Waals surface area (Å²) in [7, 11) is 0. The molecule has 2 atom stereocenters. The topological polar surface area (TPSA) is 30.0 Å². The molecule has 0 spiro atoms. The maximum atomic E-state index is 12.0. The summed E-state index contributed by atoms with van der Waals surface area (Å²) in [4.78, 5) is 16.2. The third-order valence-corrected chi connectivity index (χ3v) is 4.62. The molecule has 80 valence electrons. The van der Waals surface area contributed by atoms with E-state index in [4.69, 9.17) is 0 Å². The van der Waals surface area contributed by atoms with Gasteiger partial charge >= 0.3 is 0 Å². The van der Waals surface area contributed by atoms with Crippen LogP contribution in [0.25, 0.3) is 0 Å². The highest BCUT2D eigenvalue weighted by atomic mass is 32.1. The monoisotopic (exact) mass is 221 g/mol. The van der Waals surface area contributed by atoms with Gasteiger partial charge in [0, 0.05) is 17.5 Å². The molecule has 2 aliphatic rings. The zero-order valence-electron chi connectivity index (χ0n) is 8.69. The van der Waals surface area contributed by atoms with Crippen molar-refractivity contribution in [2.45, 2.75) is 32.1 Å². The van der Waals surface area contributed by atoms with E-state index in [9.17, 15) is 4.79 Å². The van der Waals surface area contributed by atoms with Crippen LogP contribution in [-0.2, 0) is 11.2 Å². The summed E-state index contributed by atoms with van der Waals surface area (Å²) in [5, 5.41) is 2.94. The van der Waals surface area contributed by atoms with Gasteiger partial charge in [0.2, 0.25) is 0 Å². The van der Waals surface area contributed by atoms with Gasteiger partial charge in [0.1, 0.15) is 5.78 Å². The molecule has 2 nitrogen and oxygen atoms in total. The molecule has 2 unspecified atom stereocenters. The molecule has 0 aromatic carbocycles. The number of hydrogen-bond acceptors (Lipinski definition) is 3. The van der Waals surface area contributed by atoms with E-state index in [1.165, 1.54) is 25.7 Å². The van der Waals surface area contributed by atoms with Gasteiger partial charge in [-0.15, -0.1) is 11.3 Å². The Morgan fingerprint density at radius 1 is 1.40 bits per heavy atom. The van der Waals surface area contributed by atoms with Gasteiger partial charge in [-0.2, -0.15) is 0 Å². The van der Waals surface area contributed by atoms with Crippen molar-refractivity contribution in [2.24, 2.45) is 17.8 Å². The third-order valence-electron chi connectivity index (χ3n) is 3.84. The molecule has 3 heteroatoms. The van der Waals surface area contributed by atoms with Crippen molar-refractivity contribution in [3.63, 3.8) is 0 Å². The van der Waals surface area contributed by atoms with Crippen molar-refractivity contribution in [2.75, 3.05) is 0 Å². The Balaban J connectivity index is 1.62. The fourth-order valence-electron chi connectivity index (χ4n) is 3.08. The van der Waals surface area contributed by atoms with Crippen LogP contribution in [0.15, 0.2) is 11.6 Å². The second kappa shape index (κ2) is 3.71. The van der Waals surface area contributed by atoms with Gasteiger partial charge in [0.15, 0.2) is 0 Å². The Hall–Kier alpha value is -0.700. The summed E-state index contributed by atoms with van der Waals surface area (Å²) in [5.41, 5.74) is 0. The number of carbonyl (C=O) groups is 1. The van der Waals surface area contributed by atoms with Crippen LogP contribution in [0.4, 0.5) is 0 Å². The average Bonchev–Trinajstić information content (AvgIpc) is 2.77. The Morgan fingerprint density at radius 2 is 2.13 bits per heavy atom. The first-order valence-electron chi connectivity index (χ1n) is 5.77. The van der Waals surface area contributed by atoms with E-state index >= 15 is 0 Å². The summed E-state index contributed by atoms with van der Waals surface area (Å²) < 4.78 is 0. The lowest BCUT2D eigenvalue weighted by atomic mass is 10.0. The minimum absolute atomic E-state index is 0.399. The van der Waals surface area contributed by atoms with Crippen LogP contribution in [0.2, 0.25) is 0 Å². The number of carbonyl (C=O) groups excluding carboxylic acids is 1. The molecule has 0 bridgehead atoms. The van der Waals surface area contributed by atoms with Gasteiger partial charge in [-0.05, 0) is 24.7 Å². The molecule has 1 aromatic heterocycles. The molecule has 2 saturated carbocycles. The maximum Gasteiger partial charge on any atom is 0.143 e. The lowest BCUT2D eigenvalue weighted by Crippen LogP contribution is -2.07. The van der Waals surface area contributed by atoms with Crippen LogP contribution >= 0.6 is 11.3 Å². The molecular weight excluding hydrogens is 206 g/mol. The molecule has 2 aliphatic carbocycles. The first-order valence-corrected chi connectivity index (χ1v) is 6.65. The molecule has 0 N–H and O–H groups in total. The van der Waals surface area contributed by atoms with E-state index in [1.54, 1.807) is 17.5 Å². The first-order chi connectivity index (χ1) is 7.36. The van der Waals surface area contributed by atoms with Gasteiger partial charge in [-0.25, -0.2) is 4.98 Å². The molecule has 15 heavy (non-hydrogen) atoms. The van der Waals surface area contributed by atoms with E-state index in [-0.39, 0.29) is 0 Å². The number of thiazole rings is 1. The van der Waals surface area contributed by atoms with E-state index in [2.05, 4.69) is 4.98 Å². The number of ketones is 1. The lowest BCUT2D eigenvalue weighted by Gasteiger charge is -2.04. The number of Topliss-reactive ketones (excluding diaryl/α,β-unsaturated/α-hetero) is 1. The fraction of sp³-hybridized carbons (Fsp3) is 0.667. The predicted molar refractivity (Wildman–Crippen MR) is 59.8 cm³/mol. The van der Waals surface area contributed by atoms with Gasteiger partial charge in [-0.1, -0.05) is 12.8 Å². The Kier molecular flexibility index (Phi) is 2.35. The molecule has 0 amide bonds. The minimum Gasteiger partial charge on any atom is -0.299 e. The van der Waals surface area contributed by atoms with Crippen LogP contribution in [-0.4, -0.2) is 10.8 Å². The summed E-state index contributed by atoms with van der Waals surface area (Å²) >= 11 is 1.60. The van der Waals surface area contributed by atoms with Crippen molar-refractivity contribution >= 4 is 17.1 Å². The standard InChI is InChI=1S/C12H15NOS/c14-10(7-11-13-5-6-15-11)12-8-3-1-2-4-9(8)12/h5-6,8-9,12H,1-4,7H2. The quantitative estimate of drug-likeness (QED) is 0.785. The van der Waals surface area contributed by atoms with Crippen molar-refractivity contribution in [3.05, 3.63) is 16.6 Å². The van der Waals surface area contributed by atoms with E-state index in [1.807, 2.05) is 5.38 Å². The van der Waals surface area contributed by atoms with Gasteiger partial charge < -0.3 is 0 Å². The Bertz CT molecular complexity index is 348. The molecule has 2 fully saturated rings. The van der Waals surface area contributed by atoms with Crippen molar-refractivity contribution in [1.82, 2.24) is 4.98 Å². The van der Waals surface area contributed by atoms with Crippen molar-refractivity contribution in [3.8, 4) is 0 Å². The number of nitrogens with zero attached hydrogens (tertiary/aromatic N) is 1. The molecule has 1 heterocycles. The zero-order valence-corrected chi connectivity index (χ0v) is 9.50. The molecule has 0 aliphatic heterocycles. The maximum absolute atomic E-state index is 12.0. The summed E-state index contributed by atoms with van der Waals surface area (Å²) in [6.07, 6.45) is 7.62. The number of hydrogen-bond donors (Lipinski definition) is 0. The fourth-order valence-corrected chi connectivity index (χ4v) is 3.70. The normalized spacial score (nSPS) is 33.5. The summed E-state index contributed by atoms with van der Waals surface area (Å²) in [5.74, 6) is 2.33. The Labute approximate surface area is 93.7 Å². The SMILES string of the molecule is O=C(Cc1nccs1)C1C2CCCCC21. The highest BCUT2D eigenvalue weighted by Crippen LogP contribution is 2.56. The first kappa shape index (κ1) is 9.52. The third kappa shape index (κ3) is 1.73. The molecular formula is C12H15NOS. The van der Waals surface area contributed by atoms with Crippen molar-refractivity contribution < 1.29 is 4.79 Å². The number of fused-ring (bicyclic) bond motifs is 1. The molecule has 1 aromatic rings. The van der Waals surface area contributed by atoms with E-state index in [0.29, 0.717) is 18.1 Å². The second-order valence-corrected chi connectivity index (χ2v) is 5.69. The van der Waals surface area contributed by atoms with Crippen LogP contribution in [0.3, 0.4) is 0 Å². The minimum atomic E-state index is 0.399. The van der Waals surface area contributed by atoms with Crippen molar-refractivity contribution in [1.29, 1.82) is 0 Å². The molecule has 0 radical (unpaired) electrons. The summed E-state index contributed by atoms with van der Waals surface area (Å²) in [6, 6.07) is 0. The number of aromatic nitrogens is 1. The highest BCUT2D eigenvalue weighted by Gasteiger charge is 2.54. The smallest absolute Gasteiger partial charge is 0.143 e. The van der Waals surface area contributed by atoms with E-state index < -0.39 is 0 Å². The summed E-state index contributed by atoms with van der Waals surface area (Å²) in [6.45, 7) is 0. The zero-order chi connectivity index (χ0) is 10.3. The van der Waals surface area contributed by atoms with Crippen LogP contribution < -0.4 is 0 Å². The van der Waals surface area contributed by atoms with Crippen LogP contribution in [0.1, 0.15) is 30.7 Å². The highest BCUT2D eigenvalue weighted by molar-refractivity contribution is 7.09. The second-order valence-electron chi connectivity index (χ2n) is 4.71. The number of rotatable bonds is 3.